The van der Waals surface area contributed by atoms with E-state index in [9.17, 15) is 24.3 Å². The van der Waals surface area contributed by atoms with Crippen molar-refractivity contribution in [1.82, 2.24) is 10.2 Å². The highest BCUT2D eigenvalue weighted by atomic mass is 16.5. The van der Waals surface area contributed by atoms with Gasteiger partial charge in [0.15, 0.2) is 0 Å². The molecule has 0 aliphatic carbocycles. The summed E-state index contributed by atoms with van der Waals surface area (Å²) >= 11 is 0. The van der Waals surface area contributed by atoms with Gasteiger partial charge in [-0.15, -0.1) is 0 Å². The molecule has 12 nitrogen and oxygen atoms in total. The maximum atomic E-state index is 13.8. The van der Waals surface area contributed by atoms with E-state index >= 15 is 0 Å². The number of carboxylic acid groups (broad SMARTS) is 1. The minimum absolute atomic E-state index is 0.00500. The fourth-order valence-electron chi connectivity index (χ4n) is 7.66. The summed E-state index contributed by atoms with van der Waals surface area (Å²) in [5, 5.41) is 15.0. The van der Waals surface area contributed by atoms with Crippen molar-refractivity contribution in [3.05, 3.63) is 124 Å². The molecular weight excluding hydrogens is 739 g/mol. The standard InChI is InChI=1S/C46H55N3O9/c1-31-26-36(27-32(2)44(31)45(53)54)48-42(51)24-23-41(50)47-25-11-7-10-14-43(52)49-29-40(57-5)28-37(49)30-58-46(33-12-8-6-9-13-33,34-15-19-38(55-3)20-16-34)35-17-21-39(56-4)22-18-35/h6,8-9,12-13,15-22,26-27,37,40H,7,10-11,14,23-25,28-30H2,1-5H3,(H,47,50)(H,48,51)(H,53,54)/t37-,40+/m0/s1. The summed E-state index contributed by atoms with van der Waals surface area (Å²) < 4.78 is 23.9. The van der Waals surface area contributed by atoms with Gasteiger partial charge in [-0.2, -0.15) is 0 Å². The van der Waals surface area contributed by atoms with Gasteiger partial charge in [-0.25, -0.2) is 4.79 Å². The molecule has 58 heavy (non-hydrogen) atoms. The van der Waals surface area contributed by atoms with Crippen LogP contribution < -0.4 is 20.1 Å². The molecule has 3 N–H and O–H groups in total. The molecule has 0 radical (unpaired) electrons. The average Bonchev–Trinajstić information content (AvgIpc) is 3.65. The molecule has 1 fully saturated rings. The van der Waals surface area contributed by atoms with Crippen molar-refractivity contribution in [3.8, 4) is 11.5 Å². The molecule has 4 aromatic carbocycles. The van der Waals surface area contributed by atoms with Crippen LogP contribution in [0.2, 0.25) is 0 Å². The number of benzene rings is 4. The number of likely N-dealkylation sites (tertiary alicyclic amines) is 1. The number of hydrogen-bond donors (Lipinski definition) is 3. The molecular formula is C46H55N3O9. The molecule has 0 spiro atoms. The van der Waals surface area contributed by atoms with E-state index < -0.39 is 11.6 Å². The van der Waals surface area contributed by atoms with E-state index in [2.05, 4.69) is 22.8 Å². The van der Waals surface area contributed by atoms with Crippen LogP contribution in [-0.4, -0.2) is 86.9 Å². The number of rotatable bonds is 20. The van der Waals surface area contributed by atoms with Gasteiger partial charge in [0, 0.05) is 45.1 Å². The van der Waals surface area contributed by atoms with Crippen molar-refractivity contribution in [2.45, 2.75) is 76.5 Å². The topological polar surface area (TPSA) is 153 Å². The monoisotopic (exact) mass is 793 g/mol. The lowest BCUT2D eigenvalue weighted by Crippen LogP contribution is -2.42. The third kappa shape index (κ3) is 10.8. The van der Waals surface area contributed by atoms with Crippen LogP contribution in [0.15, 0.2) is 91.0 Å². The van der Waals surface area contributed by atoms with Crippen molar-refractivity contribution in [1.29, 1.82) is 0 Å². The molecule has 4 aromatic rings. The number of aromatic carboxylic acids is 1. The lowest BCUT2D eigenvalue weighted by Gasteiger charge is -2.38. The second kappa shape index (κ2) is 20.6. The second-order valence-electron chi connectivity index (χ2n) is 14.6. The van der Waals surface area contributed by atoms with Crippen molar-refractivity contribution < 1.29 is 43.2 Å². The molecule has 0 unspecified atom stereocenters. The first-order valence-corrected chi connectivity index (χ1v) is 19.7. The number of anilines is 1. The zero-order chi connectivity index (χ0) is 41.7. The SMILES string of the molecule is COc1ccc(C(OC[C@@H]2C[C@@H](OC)CN2C(=O)CCCCCNC(=O)CCC(=O)Nc2cc(C)c(C(=O)O)c(C)c2)(c2ccccc2)c2ccc(OC)cc2)cc1. The van der Waals surface area contributed by atoms with Crippen LogP contribution in [0.25, 0.3) is 0 Å². The van der Waals surface area contributed by atoms with E-state index in [-0.39, 0.29) is 54.9 Å². The van der Waals surface area contributed by atoms with Crippen LogP contribution >= 0.6 is 0 Å². The van der Waals surface area contributed by atoms with Crippen LogP contribution in [0.4, 0.5) is 5.69 Å². The summed E-state index contributed by atoms with van der Waals surface area (Å²) in [5.74, 6) is -0.0894. The Morgan fingerprint density at radius 3 is 1.86 bits per heavy atom. The molecule has 0 aromatic heterocycles. The van der Waals surface area contributed by atoms with Crippen LogP contribution in [0.5, 0.6) is 11.5 Å². The largest absolute Gasteiger partial charge is 0.497 e. The highest BCUT2D eigenvalue weighted by Gasteiger charge is 2.42. The highest BCUT2D eigenvalue weighted by molar-refractivity contribution is 5.95. The Bertz CT molecular complexity index is 1930. The van der Waals surface area contributed by atoms with E-state index in [0.29, 0.717) is 55.6 Å². The van der Waals surface area contributed by atoms with Crippen LogP contribution in [0, 0.1) is 13.8 Å². The normalized spacial score (nSPS) is 15.2. The van der Waals surface area contributed by atoms with E-state index in [4.69, 9.17) is 18.9 Å². The minimum Gasteiger partial charge on any atom is -0.497 e. The average molecular weight is 794 g/mol. The van der Waals surface area contributed by atoms with E-state index in [1.165, 1.54) is 0 Å². The minimum atomic E-state index is -1.02. The Morgan fingerprint density at radius 1 is 0.741 bits per heavy atom. The Hall–Kier alpha value is -5.72. The number of amides is 3. The Kier molecular flexibility index (Phi) is 15.4. The van der Waals surface area contributed by atoms with Crippen molar-refractivity contribution in [3.63, 3.8) is 0 Å². The number of methoxy groups -OCH3 is 3. The first-order valence-electron chi connectivity index (χ1n) is 19.7. The number of nitrogens with one attached hydrogen (secondary N) is 2. The quantitative estimate of drug-likeness (QED) is 0.0632. The van der Waals surface area contributed by atoms with Gasteiger partial charge in [-0.1, -0.05) is 61.0 Å². The zero-order valence-electron chi connectivity index (χ0n) is 34.0. The van der Waals surface area contributed by atoms with E-state index in [1.807, 2.05) is 71.6 Å². The van der Waals surface area contributed by atoms with Gasteiger partial charge >= 0.3 is 5.97 Å². The Labute approximate surface area is 340 Å². The van der Waals surface area contributed by atoms with Gasteiger partial charge in [0.1, 0.15) is 17.1 Å². The first-order chi connectivity index (χ1) is 28.0. The molecule has 2 atom stereocenters. The summed E-state index contributed by atoms with van der Waals surface area (Å²) in [6.07, 6.45) is 2.99. The molecule has 308 valence electrons. The fourth-order valence-corrected chi connectivity index (χ4v) is 7.66. The fraction of sp³-hybridized carbons (Fsp3) is 0.391. The Morgan fingerprint density at radius 2 is 1.31 bits per heavy atom. The molecule has 5 rings (SSSR count). The maximum Gasteiger partial charge on any atom is 0.336 e. The smallest absolute Gasteiger partial charge is 0.336 e. The van der Waals surface area contributed by atoms with Crippen molar-refractivity contribution in [2.75, 3.05) is 46.3 Å². The van der Waals surface area contributed by atoms with Gasteiger partial charge in [0.25, 0.3) is 0 Å². The number of hydrogen-bond acceptors (Lipinski definition) is 8. The number of carboxylic acids is 1. The van der Waals surface area contributed by atoms with E-state index in [1.54, 1.807) is 47.3 Å². The molecule has 3 amide bonds. The maximum absolute atomic E-state index is 13.8. The second-order valence-corrected chi connectivity index (χ2v) is 14.6. The molecule has 12 heteroatoms. The lowest BCUT2D eigenvalue weighted by atomic mass is 9.80. The molecule has 0 saturated carbocycles. The van der Waals surface area contributed by atoms with Gasteiger partial charge < -0.3 is 39.6 Å². The zero-order valence-corrected chi connectivity index (χ0v) is 34.0. The number of carbonyl (C=O) groups excluding carboxylic acids is 3. The Balaban J connectivity index is 1.15. The van der Waals surface area contributed by atoms with Gasteiger partial charge in [-0.05, 0) is 97.3 Å². The molecule has 1 aliphatic rings. The number of unbranched alkanes of at least 4 members (excludes halogenated alkanes) is 2. The van der Waals surface area contributed by atoms with Crippen LogP contribution in [0.3, 0.4) is 0 Å². The number of carbonyl (C=O) groups is 4. The molecule has 1 saturated heterocycles. The van der Waals surface area contributed by atoms with Crippen LogP contribution in [0.1, 0.15) is 83.1 Å². The van der Waals surface area contributed by atoms with Crippen LogP contribution in [-0.2, 0) is 29.5 Å². The lowest BCUT2D eigenvalue weighted by molar-refractivity contribution is -0.134. The predicted octanol–water partition coefficient (Wildman–Crippen LogP) is 7.04. The van der Waals surface area contributed by atoms with Crippen molar-refractivity contribution in [2.24, 2.45) is 0 Å². The van der Waals surface area contributed by atoms with Crippen molar-refractivity contribution >= 4 is 29.4 Å². The molecule has 1 heterocycles. The number of nitrogens with zero attached hydrogens (tertiary/aromatic N) is 1. The van der Waals surface area contributed by atoms with Gasteiger partial charge in [-0.3, -0.25) is 14.4 Å². The van der Waals surface area contributed by atoms with Gasteiger partial charge in [0.05, 0.1) is 38.5 Å². The summed E-state index contributed by atoms with van der Waals surface area (Å²) in [6.45, 7) is 4.53. The summed E-state index contributed by atoms with van der Waals surface area (Å²) in [4.78, 5) is 52.0. The highest BCUT2D eigenvalue weighted by Crippen LogP contribution is 2.42. The van der Waals surface area contributed by atoms with E-state index in [0.717, 1.165) is 34.6 Å². The van der Waals surface area contributed by atoms with Gasteiger partial charge in [0.2, 0.25) is 17.7 Å². The predicted molar refractivity (Wildman–Crippen MR) is 221 cm³/mol. The first kappa shape index (κ1) is 43.4. The summed E-state index contributed by atoms with van der Waals surface area (Å²) in [6, 6.07) is 28.8. The number of ether oxygens (including phenoxy) is 4. The number of aryl methyl sites for hydroxylation is 2. The third-order valence-corrected chi connectivity index (χ3v) is 10.7. The molecule has 0 bridgehead atoms. The molecule has 1 aliphatic heterocycles. The summed E-state index contributed by atoms with van der Waals surface area (Å²) in [7, 11) is 4.95. The summed E-state index contributed by atoms with van der Waals surface area (Å²) in [5.41, 5.74) is 3.55. The third-order valence-electron chi connectivity index (χ3n) is 10.7.